The summed E-state index contributed by atoms with van der Waals surface area (Å²) in [6.07, 6.45) is -4.61. The van der Waals surface area contributed by atoms with Gasteiger partial charge in [-0.05, 0) is 18.2 Å². The van der Waals surface area contributed by atoms with E-state index in [0.29, 0.717) is 16.1 Å². The fourth-order valence-electron chi connectivity index (χ4n) is 1.74. The minimum Gasteiger partial charge on any atom is -0.308 e. The number of halogens is 3. The molecule has 0 amide bonds. The third kappa shape index (κ3) is 2.97. The maximum Gasteiger partial charge on any atom is 0.431 e. The lowest BCUT2D eigenvalue weighted by Crippen LogP contribution is -2.28. The highest BCUT2D eigenvalue weighted by molar-refractivity contribution is 5.33. The van der Waals surface area contributed by atoms with E-state index < -0.39 is 17.4 Å². The minimum atomic E-state index is -4.61. The monoisotopic (exact) mass is 284 g/mol. The molecule has 0 radical (unpaired) electrons. The van der Waals surface area contributed by atoms with Crippen LogP contribution in [0.5, 0.6) is 0 Å². The van der Waals surface area contributed by atoms with Gasteiger partial charge in [0.25, 0.3) is 5.56 Å². The second-order valence-corrected chi connectivity index (χ2v) is 3.99. The van der Waals surface area contributed by atoms with Gasteiger partial charge in [-0.2, -0.15) is 13.2 Å². The molecule has 0 aliphatic rings. The Hall–Kier alpha value is -2.35. The smallest absolute Gasteiger partial charge is 0.308 e. The summed E-state index contributed by atoms with van der Waals surface area (Å²) in [7, 11) is 0. The molecule has 8 heteroatoms. The summed E-state index contributed by atoms with van der Waals surface area (Å²) < 4.78 is 39.2. The van der Waals surface area contributed by atoms with Gasteiger partial charge in [0.1, 0.15) is 11.5 Å². The van der Waals surface area contributed by atoms with Gasteiger partial charge in [0.15, 0.2) is 0 Å². The minimum absolute atomic E-state index is 0.288. The molecule has 0 aliphatic carbocycles. The number of rotatable bonds is 3. The van der Waals surface area contributed by atoms with Crippen LogP contribution in [0.3, 0.4) is 0 Å². The Morgan fingerprint density at radius 3 is 2.55 bits per heavy atom. The third-order valence-electron chi connectivity index (χ3n) is 2.61. The molecule has 20 heavy (non-hydrogen) atoms. The SMILES string of the molecule is NNc1cccc(Cn2c(C(F)(F)F)cccc2=O)n1. The quantitative estimate of drug-likeness (QED) is 0.663. The number of nitrogens with zero attached hydrogens (tertiary/aromatic N) is 2. The summed E-state index contributed by atoms with van der Waals surface area (Å²) in [5, 5.41) is 0. The molecular formula is C12H11F3N4O. The zero-order valence-electron chi connectivity index (χ0n) is 10.2. The highest BCUT2D eigenvalue weighted by Gasteiger charge is 2.34. The summed E-state index contributed by atoms with van der Waals surface area (Å²) in [5.74, 6) is 5.49. The average molecular weight is 284 g/mol. The van der Waals surface area contributed by atoms with Crippen LogP contribution in [0.4, 0.5) is 19.0 Å². The highest BCUT2D eigenvalue weighted by atomic mass is 19.4. The number of nitrogens with two attached hydrogens (primary N) is 1. The third-order valence-corrected chi connectivity index (χ3v) is 2.61. The number of alkyl halides is 3. The molecule has 0 saturated carbocycles. The fraction of sp³-hybridized carbons (Fsp3) is 0.167. The number of anilines is 1. The van der Waals surface area contributed by atoms with E-state index >= 15 is 0 Å². The zero-order chi connectivity index (χ0) is 14.8. The van der Waals surface area contributed by atoms with Crippen molar-refractivity contribution in [2.24, 2.45) is 5.84 Å². The van der Waals surface area contributed by atoms with Gasteiger partial charge in [0, 0.05) is 6.07 Å². The molecule has 2 aromatic heterocycles. The van der Waals surface area contributed by atoms with Crippen molar-refractivity contribution in [3.63, 3.8) is 0 Å². The van der Waals surface area contributed by atoms with Crippen molar-refractivity contribution in [1.29, 1.82) is 0 Å². The predicted octanol–water partition coefficient (Wildman–Crippen LogP) is 1.60. The lowest BCUT2D eigenvalue weighted by molar-refractivity contribution is -0.144. The summed E-state index contributed by atoms with van der Waals surface area (Å²) in [6, 6.07) is 7.65. The van der Waals surface area contributed by atoms with Crippen molar-refractivity contribution in [2.75, 3.05) is 5.43 Å². The molecular weight excluding hydrogens is 273 g/mol. The second kappa shape index (κ2) is 5.33. The van der Waals surface area contributed by atoms with E-state index in [1.54, 1.807) is 12.1 Å². The molecule has 2 aromatic rings. The Morgan fingerprint density at radius 1 is 1.20 bits per heavy atom. The number of aromatic nitrogens is 2. The Morgan fingerprint density at radius 2 is 1.90 bits per heavy atom. The van der Waals surface area contributed by atoms with Gasteiger partial charge in [0.05, 0.1) is 12.2 Å². The molecule has 0 unspecified atom stereocenters. The number of nitrogens with one attached hydrogen (secondary N) is 1. The molecule has 5 nitrogen and oxygen atoms in total. The van der Waals surface area contributed by atoms with Crippen LogP contribution in [0.1, 0.15) is 11.4 Å². The zero-order valence-corrected chi connectivity index (χ0v) is 10.2. The van der Waals surface area contributed by atoms with Crippen molar-refractivity contribution >= 4 is 5.82 Å². The molecule has 2 rings (SSSR count). The normalized spacial score (nSPS) is 11.4. The van der Waals surface area contributed by atoms with E-state index in [0.717, 1.165) is 18.2 Å². The van der Waals surface area contributed by atoms with Crippen LogP contribution in [-0.2, 0) is 12.7 Å². The molecule has 0 aliphatic heterocycles. The average Bonchev–Trinajstić information content (AvgIpc) is 2.40. The van der Waals surface area contributed by atoms with Crippen LogP contribution < -0.4 is 16.8 Å². The van der Waals surface area contributed by atoms with Gasteiger partial charge in [-0.1, -0.05) is 12.1 Å². The lowest BCUT2D eigenvalue weighted by atomic mass is 10.3. The first-order chi connectivity index (χ1) is 9.41. The molecule has 0 saturated heterocycles. The van der Waals surface area contributed by atoms with E-state index in [4.69, 9.17) is 5.84 Å². The largest absolute Gasteiger partial charge is 0.431 e. The number of hydrogen-bond donors (Lipinski definition) is 2. The van der Waals surface area contributed by atoms with Gasteiger partial charge < -0.3 is 5.43 Å². The summed E-state index contributed by atoms with van der Waals surface area (Å²) in [4.78, 5) is 15.6. The van der Waals surface area contributed by atoms with E-state index in [1.807, 2.05) is 0 Å². The molecule has 3 N–H and O–H groups in total. The molecule has 0 spiro atoms. The molecule has 0 bridgehead atoms. The second-order valence-electron chi connectivity index (χ2n) is 3.99. The van der Waals surface area contributed by atoms with Gasteiger partial charge in [-0.15, -0.1) is 0 Å². The van der Waals surface area contributed by atoms with Gasteiger partial charge >= 0.3 is 6.18 Å². The Labute approximate surface area is 111 Å². The van der Waals surface area contributed by atoms with Crippen LogP contribution in [0.2, 0.25) is 0 Å². The van der Waals surface area contributed by atoms with Crippen LogP contribution in [0.25, 0.3) is 0 Å². The number of pyridine rings is 2. The standard InChI is InChI=1S/C12H11F3N4O/c13-12(14,15)9-4-2-6-11(20)19(9)7-8-3-1-5-10(17-8)18-16/h1-6H,7,16H2,(H,17,18). The Kier molecular flexibility index (Phi) is 3.75. The maximum atomic E-state index is 12.9. The van der Waals surface area contributed by atoms with Crippen LogP contribution in [0.15, 0.2) is 41.2 Å². The van der Waals surface area contributed by atoms with Crippen molar-refractivity contribution in [3.8, 4) is 0 Å². The van der Waals surface area contributed by atoms with E-state index in [-0.39, 0.29) is 6.54 Å². The molecule has 2 heterocycles. The van der Waals surface area contributed by atoms with Crippen molar-refractivity contribution in [2.45, 2.75) is 12.7 Å². The van der Waals surface area contributed by atoms with Crippen molar-refractivity contribution in [3.05, 3.63) is 58.1 Å². The number of hydrazine groups is 1. The first-order valence-corrected chi connectivity index (χ1v) is 5.61. The first kappa shape index (κ1) is 14.1. The number of hydrogen-bond acceptors (Lipinski definition) is 4. The van der Waals surface area contributed by atoms with Crippen molar-refractivity contribution in [1.82, 2.24) is 9.55 Å². The summed E-state index contributed by atoms with van der Waals surface area (Å²) in [6.45, 7) is -0.288. The van der Waals surface area contributed by atoms with E-state index in [1.165, 1.54) is 6.07 Å². The summed E-state index contributed by atoms with van der Waals surface area (Å²) >= 11 is 0. The van der Waals surface area contributed by atoms with Gasteiger partial charge in [-0.25, -0.2) is 10.8 Å². The Balaban J connectivity index is 2.45. The molecule has 106 valence electrons. The fourth-order valence-corrected chi connectivity index (χ4v) is 1.74. The van der Waals surface area contributed by atoms with Crippen LogP contribution in [0, 0.1) is 0 Å². The predicted molar refractivity (Wildman–Crippen MR) is 66.9 cm³/mol. The van der Waals surface area contributed by atoms with Crippen LogP contribution in [-0.4, -0.2) is 9.55 Å². The lowest BCUT2D eigenvalue weighted by Gasteiger charge is -2.14. The van der Waals surface area contributed by atoms with E-state index in [2.05, 4.69) is 10.4 Å². The highest BCUT2D eigenvalue weighted by Crippen LogP contribution is 2.28. The van der Waals surface area contributed by atoms with Gasteiger partial charge in [0.2, 0.25) is 0 Å². The van der Waals surface area contributed by atoms with Crippen LogP contribution >= 0.6 is 0 Å². The molecule has 0 aromatic carbocycles. The van der Waals surface area contributed by atoms with Gasteiger partial charge in [-0.3, -0.25) is 9.36 Å². The topological polar surface area (TPSA) is 72.9 Å². The number of nitrogen functional groups attached to an aromatic ring is 1. The maximum absolute atomic E-state index is 12.9. The van der Waals surface area contributed by atoms with E-state index in [9.17, 15) is 18.0 Å². The Bertz CT molecular complexity index is 666. The first-order valence-electron chi connectivity index (χ1n) is 5.61. The van der Waals surface area contributed by atoms with Crippen molar-refractivity contribution < 1.29 is 13.2 Å². The summed E-state index contributed by atoms with van der Waals surface area (Å²) in [5.41, 5.74) is 0.824. The molecule has 0 fully saturated rings. The molecule has 0 atom stereocenters.